The number of hydrogen-bond acceptors (Lipinski definition) is 2. The number of carbonyl (C=O) groups excluding carboxylic acids is 1. The Morgan fingerprint density at radius 3 is 2.86 bits per heavy atom. The lowest BCUT2D eigenvalue weighted by Crippen LogP contribution is -1.93. The fraction of sp³-hybridized carbons (Fsp3) is 0.211. The molecule has 0 saturated carbocycles. The molecule has 0 N–H and O–H groups in total. The molecule has 0 atom stereocenters. The summed E-state index contributed by atoms with van der Waals surface area (Å²) < 4.78 is 0. The zero-order valence-corrected chi connectivity index (χ0v) is 14.0. The Morgan fingerprint density at radius 2 is 2.05 bits per heavy atom. The molecule has 112 valence electrons. The largest absolute Gasteiger partial charge is 0.300 e. The number of rotatable bonds is 5. The number of ketones is 1. The highest BCUT2D eigenvalue weighted by Gasteiger charge is 2.14. The molecule has 3 rings (SSSR count). The monoisotopic (exact) mass is 328 g/mol. The van der Waals surface area contributed by atoms with Crippen LogP contribution in [0.5, 0.6) is 0 Å². The van der Waals surface area contributed by atoms with E-state index in [0.29, 0.717) is 6.42 Å². The van der Waals surface area contributed by atoms with Crippen molar-refractivity contribution in [3.63, 3.8) is 0 Å². The average Bonchev–Trinajstić information content (AvgIpc) is 2.94. The molecule has 22 heavy (non-hydrogen) atoms. The first-order chi connectivity index (χ1) is 10.6. The van der Waals surface area contributed by atoms with Crippen LogP contribution in [0.1, 0.15) is 24.5 Å². The van der Waals surface area contributed by atoms with E-state index < -0.39 is 0 Å². The first-order valence-corrected chi connectivity index (χ1v) is 8.72. The summed E-state index contributed by atoms with van der Waals surface area (Å²) in [6, 6.07) is 12.5. The molecule has 0 radical (unpaired) electrons. The second kappa shape index (κ2) is 6.72. The van der Waals surface area contributed by atoms with Crippen LogP contribution in [-0.2, 0) is 11.2 Å². The van der Waals surface area contributed by atoms with Gasteiger partial charge in [0.05, 0.1) is 0 Å². The Kier molecular flexibility index (Phi) is 4.70. The van der Waals surface area contributed by atoms with E-state index >= 15 is 0 Å². The van der Waals surface area contributed by atoms with E-state index in [2.05, 4.69) is 30.4 Å². The molecule has 3 heteroatoms. The van der Waals surface area contributed by atoms with Crippen LogP contribution in [0.15, 0.2) is 47.4 Å². The Hall–Kier alpha value is -1.51. The molecule has 1 aliphatic rings. The van der Waals surface area contributed by atoms with E-state index in [9.17, 15) is 4.79 Å². The van der Waals surface area contributed by atoms with E-state index in [1.807, 2.05) is 18.2 Å². The summed E-state index contributed by atoms with van der Waals surface area (Å²) >= 11 is 8.22. The minimum Gasteiger partial charge on any atom is -0.300 e. The molecule has 1 aliphatic carbocycles. The number of hydrogen-bond donors (Lipinski definition) is 0. The topological polar surface area (TPSA) is 17.1 Å². The minimum atomic E-state index is 0.228. The SMILES string of the molecule is CC(=O)CCSc1ccccc1-c1cc2c(cc1Cl)C=CC2. The third-order valence-corrected chi connectivity index (χ3v) is 5.14. The lowest BCUT2D eigenvalue weighted by Gasteiger charge is -2.12. The van der Waals surface area contributed by atoms with Gasteiger partial charge >= 0.3 is 0 Å². The van der Waals surface area contributed by atoms with Crippen molar-refractivity contribution >= 4 is 35.2 Å². The smallest absolute Gasteiger partial charge is 0.130 e. The van der Waals surface area contributed by atoms with Gasteiger partial charge in [-0.25, -0.2) is 0 Å². The van der Waals surface area contributed by atoms with Gasteiger partial charge < -0.3 is 0 Å². The van der Waals surface area contributed by atoms with Gasteiger partial charge in [0.2, 0.25) is 0 Å². The van der Waals surface area contributed by atoms with Crippen LogP contribution >= 0.6 is 23.4 Å². The number of thioether (sulfide) groups is 1. The van der Waals surface area contributed by atoms with Gasteiger partial charge in [-0.1, -0.05) is 42.0 Å². The average molecular weight is 329 g/mol. The highest BCUT2D eigenvalue weighted by molar-refractivity contribution is 7.99. The van der Waals surface area contributed by atoms with Gasteiger partial charge in [-0.15, -0.1) is 11.8 Å². The maximum atomic E-state index is 11.1. The third kappa shape index (κ3) is 3.29. The van der Waals surface area contributed by atoms with Crippen molar-refractivity contribution in [2.75, 3.05) is 5.75 Å². The van der Waals surface area contributed by atoms with Crippen molar-refractivity contribution in [2.45, 2.75) is 24.7 Å². The van der Waals surface area contributed by atoms with Gasteiger partial charge in [0.25, 0.3) is 0 Å². The highest BCUT2D eigenvalue weighted by atomic mass is 35.5. The first kappa shape index (κ1) is 15.4. The normalized spacial score (nSPS) is 12.5. The maximum Gasteiger partial charge on any atom is 0.130 e. The Labute approximate surface area is 140 Å². The number of halogens is 1. The van der Waals surface area contributed by atoms with Gasteiger partial charge in [0, 0.05) is 27.7 Å². The fourth-order valence-corrected chi connectivity index (χ4v) is 4.00. The molecule has 0 bridgehead atoms. The Morgan fingerprint density at radius 1 is 1.23 bits per heavy atom. The van der Waals surface area contributed by atoms with E-state index in [1.54, 1.807) is 18.7 Å². The van der Waals surface area contributed by atoms with Crippen LogP contribution in [0.25, 0.3) is 17.2 Å². The van der Waals surface area contributed by atoms with Crippen molar-refractivity contribution in [1.29, 1.82) is 0 Å². The molecule has 0 saturated heterocycles. The summed E-state index contributed by atoms with van der Waals surface area (Å²) in [5, 5.41) is 0.782. The van der Waals surface area contributed by atoms with Gasteiger partial charge in [0.15, 0.2) is 0 Å². The number of carbonyl (C=O) groups is 1. The van der Waals surface area contributed by atoms with E-state index in [-0.39, 0.29) is 5.78 Å². The molecule has 0 fully saturated rings. The summed E-state index contributed by atoms with van der Waals surface area (Å²) in [5.74, 6) is 1.03. The summed E-state index contributed by atoms with van der Waals surface area (Å²) in [7, 11) is 0. The molecular formula is C19H17ClOS. The zero-order valence-electron chi connectivity index (χ0n) is 12.4. The molecule has 0 aliphatic heterocycles. The Bertz CT molecular complexity index is 749. The molecule has 0 amide bonds. The summed E-state index contributed by atoms with van der Waals surface area (Å²) in [4.78, 5) is 12.3. The number of Topliss-reactive ketones (excluding diaryl/α,β-unsaturated/α-hetero) is 1. The van der Waals surface area contributed by atoms with Gasteiger partial charge in [0.1, 0.15) is 5.78 Å². The van der Waals surface area contributed by atoms with Crippen molar-refractivity contribution in [3.05, 3.63) is 58.6 Å². The molecule has 2 aromatic carbocycles. The fourth-order valence-electron chi connectivity index (χ4n) is 2.60. The summed E-state index contributed by atoms with van der Waals surface area (Å²) in [6.07, 6.45) is 5.86. The predicted molar refractivity (Wildman–Crippen MR) is 95.6 cm³/mol. The molecule has 2 aromatic rings. The number of allylic oxidation sites excluding steroid dienone is 1. The van der Waals surface area contributed by atoms with Crippen LogP contribution in [-0.4, -0.2) is 11.5 Å². The Balaban J connectivity index is 1.93. The number of benzene rings is 2. The van der Waals surface area contributed by atoms with Gasteiger partial charge in [-0.05, 0) is 48.2 Å². The molecule has 1 nitrogen and oxygen atoms in total. The van der Waals surface area contributed by atoms with E-state index in [4.69, 9.17) is 11.6 Å². The third-order valence-electron chi connectivity index (χ3n) is 3.75. The quantitative estimate of drug-likeness (QED) is 0.660. The van der Waals surface area contributed by atoms with Crippen LogP contribution in [0.3, 0.4) is 0 Å². The van der Waals surface area contributed by atoms with Gasteiger partial charge in [-0.2, -0.15) is 0 Å². The lowest BCUT2D eigenvalue weighted by atomic mass is 10.00. The molecule has 0 unspecified atom stereocenters. The van der Waals surface area contributed by atoms with Crippen molar-refractivity contribution in [2.24, 2.45) is 0 Å². The van der Waals surface area contributed by atoms with Crippen LogP contribution < -0.4 is 0 Å². The molecule has 0 heterocycles. The zero-order chi connectivity index (χ0) is 15.5. The van der Waals surface area contributed by atoms with E-state index in [0.717, 1.165) is 28.3 Å². The maximum absolute atomic E-state index is 11.1. The van der Waals surface area contributed by atoms with Crippen LogP contribution in [0.2, 0.25) is 5.02 Å². The van der Waals surface area contributed by atoms with Crippen molar-refractivity contribution in [3.8, 4) is 11.1 Å². The van der Waals surface area contributed by atoms with Crippen LogP contribution in [0, 0.1) is 0 Å². The molecule has 0 spiro atoms. The number of fused-ring (bicyclic) bond motifs is 1. The summed E-state index contributed by atoms with van der Waals surface area (Å²) in [5.41, 5.74) is 4.77. The van der Waals surface area contributed by atoms with E-state index in [1.165, 1.54) is 16.0 Å². The predicted octanol–water partition coefficient (Wildman–Crippen LogP) is 5.65. The second-order valence-electron chi connectivity index (χ2n) is 5.43. The van der Waals surface area contributed by atoms with Gasteiger partial charge in [-0.3, -0.25) is 4.79 Å². The first-order valence-electron chi connectivity index (χ1n) is 7.36. The minimum absolute atomic E-state index is 0.228. The van der Waals surface area contributed by atoms with Crippen LogP contribution in [0.4, 0.5) is 0 Å². The standard InChI is InChI=1S/C19H17ClOS/c1-13(21)9-10-22-19-8-3-2-7-16(19)17-11-14-5-4-6-15(14)12-18(17)20/h2-4,6-8,11-12H,5,9-10H2,1H3. The second-order valence-corrected chi connectivity index (χ2v) is 6.98. The van der Waals surface area contributed by atoms with Crippen molar-refractivity contribution in [1.82, 2.24) is 0 Å². The summed E-state index contributed by atoms with van der Waals surface area (Å²) in [6.45, 7) is 1.64. The molecule has 0 aromatic heterocycles. The lowest BCUT2D eigenvalue weighted by molar-refractivity contribution is -0.116. The highest BCUT2D eigenvalue weighted by Crippen LogP contribution is 2.38. The van der Waals surface area contributed by atoms with Crippen molar-refractivity contribution < 1.29 is 4.79 Å². The molecular weight excluding hydrogens is 312 g/mol.